The van der Waals surface area contributed by atoms with Crippen molar-refractivity contribution in [3.05, 3.63) is 47.6 Å². The Kier molecular flexibility index (Phi) is 8.60. The molecule has 2 heterocycles. The van der Waals surface area contributed by atoms with Crippen molar-refractivity contribution >= 4 is 20.2 Å². The molecule has 0 aromatic rings. The summed E-state index contributed by atoms with van der Waals surface area (Å²) in [5, 5.41) is -1.49. The third kappa shape index (κ3) is 7.75. The molecule has 4 N–H and O–H groups in total. The van der Waals surface area contributed by atoms with Gasteiger partial charge in [0.25, 0.3) is 20.2 Å². The Balaban J connectivity index is 0.000000162. The highest BCUT2D eigenvalue weighted by molar-refractivity contribution is 7.86. The summed E-state index contributed by atoms with van der Waals surface area (Å²) in [7, 11) is -7.76. The number of hydrogen-bond donors (Lipinski definition) is 3. The van der Waals surface area contributed by atoms with E-state index in [2.05, 4.69) is 4.90 Å². The summed E-state index contributed by atoms with van der Waals surface area (Å²) in [6.07, 6.45) is 12.1. The molecule has 5 atom stereocenters. The molecule has 2 bridgehead atoms. The van der Waals surface area contributed by atoms with Gasteiger partial charge >= 0.3 is 0 Å². The average Bonchev–Trinajstić information content (AvgIpc) is 3.24. The van der Waals surface area contributed by atoms with Gasteiger partial charge in [-0.3, -0.25) is 9.11 Å². The van der Waals surface area contributed by atoms with Crippen LogP contribution in [0.5, 0.6) is 0 Å². The van der Waals surface area contributed by atoms with Crippen molar-refractivity contribution in [1.82, 2.24) is 4.90 Å². The lowest BCUT2D eigenvalue weighted by Gasteiger charge is -2.16. The van der Waals surface area contributed by atoms with E-state index in [-0.39, 0.29) is 0 Å². The highest BCUT2D eigenvalue weighted by atomic mass is 32.2. The molecule has 170 valence electrons. The second-order valence-electron chi connectivity index (χ2n) is 8.16. The molecule has 0 saturated carbocycles. The third-order valence-electron chi connectivity index (χ3n) is 5.64. The first-order chi connectivity index (χ1) is 13.9. The predicted octanol–water partition coefficient (Wildman–Crippen LogP) is 1.95. The van der Waals surface area contributed by atoms with Crippen molar-refractivity contribution in [3.8, 4) is 0 Å². The molecule has 0 aromatic heterocycles. The van der Waals surface area contributed by atoms with Crippen LogP contribution in [-0.2, 0) is 20.2 Å². The SMILES string of the molecule is CC1=CCC(S(=O)(=O)O)C=C1.CC1=CCC(S(=O)(=O)O)C=C1.N[C@H]1CN2CC[C@H]1C2. The summed E-state index contributed by atoms with van der Waals surface area (Å²) in [6, 6.07) is 0.503. The van der Waals surface area contributed by atoms with Gasteiger partial charge in [0.05, 0.1) is 0 Å². The lowest BCUT2D eigenvalue weighted by Crippen LogP contribution is -2.34. The predicted molar refractivity (Wildman–Crippen MR) is 118 cm³/mol. The molecule has 4 aliphatic rings. The molecule has 8 nitrogen and oxygen atoms in total. The van der Waals surface area contributed by atoms with E-state index in [0.29, 0.717) is 18.9 Å². The van der Waals surface area contributed by atoms with E-state index >= 15 is 0 Å². The van der Waals surface area contributed by atoms with Crippen molar-refractivity contribution in [1.29, 1.82) is 0 Å². The van der Waals surface area contributed by atoms with E-state index in [1.54, 1.807) is 24.3 Å². The molecule has 0 radical (unpaired) electrons. The van der Waals surface area contributed by atoms with Crippen molar-refractivity contribution in [3.63, 3.8) is 0 Å². The van der Waals surface area contributed by atoms with Gasteiger partial charge in [-0.05, 0) is 45.6 Å². The summed E-state index contributed by atoms with van der Waals surface area (Å²) >= 11 is 0. The Morgan fingerprint density at radius 1 is 0.900 bits per heavy atom. The standard InChI is InChI=1S/2C7H10O3S.C6H12N2/c2*1-6-2-4-7(5-3-6)11(8,9)10;7-6-4-8-2-1-5(6)3-8/h2*2-4,7H,5H2,1H3,(H,8,9,10);5-6H,1-4,7H2/t;;5-,6-/m..0/s1. The Morgan fingerprint density at radius 3 is 1.57 bits per heavy atom. The highest BCUT2D eigenvalue weighted by Gasteiger charge is 2.35. The van der Waals surface area contributed by atoms with E-state index in [4.69, 9.17) is 14.8 Å². The molecule has 3 unspecified atom stereocenters. The number of allylic oxidation sites excluding steroid dienone is 6. The Hall–Kier alpha value is -1.30. The third-order valence-corrected chi connectivity index (χ3v) is 7.87. The second-order valence-corrected chi connectivity index (χ2v) is 11.4. The Bertz CT molecular complexity index is 868. The maximum atomic E-state index is 10.6. The van der Waals surface area contributed by atoms with Gasteiger partial charge in [0.2, 0.25) is 0 Å². The summed E-state index contributed by atoms with van der Waals surface area (Å²) in [6.45, 7) is 7.51. The van der Waals surface area contributed by atoms with Crippen LogP contribution in [0.15, 0.2) is 47.6 Å². The second kappa shape index (κ2) is 10.3. The first-order valence-electron chi connectivity index (χ1n) is 9.96. The fourth-order valence-electron chi connectivity index (χ4n) is 3.68. The van der Waals surface area contributed by atoms with Gasteiger partial charge in [0.15, 0.2) is 0 Å². The van der Waals surface area contributed by atoms with Gasteiger partial charge in [-0.1, -0.05) is 47.6 Å². The maximum Gasteiger partial charge on any atom is 0.271 e. The lowest BCUT2D eigenvalue weighted by molar-refractivity contribution is 0.346. The topological polar surface area (TPSA) is 138 Å². The van der Waals surface area contributed by atoms with E-state index in [1.807, 2.05) is 13.8 Å². The van der Waals surface area contributed by atoms with Crippen molar-refractivity contribution in [2.45, 2.75) is 49.7 Å². The van der Waals surface area contributed by atoms with Crippen LogP contribution in [0.1, 0.15) is 33.1 Å². The number of piperidine rings is 1. The van der Waals surface area contributed by atoms with E-state index in [9.17, 15) is 16.8 Å². The number of nitrogens with two attached hydrogens (primary N) is 1. The van der Waals surface area contributed by atoms with Crippen LogP contribution in [0.4, 0.5) is 0 Å². The van der Waals surface area contributed by atoms with Gasteiger partial charge in [-0.2, -0.15) is 16.8 Å². The maximum absolute atomic E-state index is 10.6. The highest BCUT2D eigenvalue weighted by Crippen LogP contribution is 2.25. The van der Waals surface area contributed by atoms with Crippen LogP contribution >= 0.6 is 0 Å². The smallest absolute Gasteiger partial charge is 0.271 e. The largest absolute Gasteiger partial charge is 0.326 e. The summed E-state index contributed by atoms with van der Waals surface area (Å²) in [4.78, 5) is 2.45. The lowest BCUT2D eigenvalue weighted by atomic mass is 10.0. The quantitative estimate of drug-likeness (QED) is 0.532. The molecule has 4 rings (SSSR count). The fraction of sp³-hybridized carbons (Fsp3) is 0.600. The zero-order valence-corrected chi connectivity index (χ0v) is 19.0. The fourth-order valence-corrected chi connectivity index (χ4v) is 4.92. The summed E-state index contributed by atoms with van der Waals surface area (Å²) in [5.41, 5.74) is 7.84. The number of fused-ring (bicyclic) bond motifs is 2. The molecule has 10 heteroatoms. The molecule has 0 amide bonds. The number of hydrogen-bond acceptors (Lipinski definition) is 6. The molecule has 0 aromatic carbocycles. The van der Waals surface area contributed by atoms with Gasteiger partial charge in [0.1, 0.15) is 10.5 Å². The van der Waals surface area contributed by atoms with Crippen molar-refractivity contribution in [2.75, 3.05) is 19.6 Å². The monoisotopic (exact) mass is 460 g/mol. The summed E-state index contributed by atoms with van der Waals surface area (Å²) < 4.78 is 59.5. The normalized spacial score (nSPS) is 32.4. The van der Waals surface area contributed by atoms with Gasteiger partial charge in [-0.15, -0.1) is 0 Å². The molecule has 30 heavy (non-hydrogen) atoms. The average molecular weight is 461 g/mol. The van der Waals surface area contributed by atoms with Crippen LogP contribution in [0.3, 0.4) is 0 Å². The van der Waals surface area contributed by atoms with Gasteiger partial charge < -0.3 is 10.6 Å². The molecule has 2 aliphatic heterocycles. The Morgan fingerprint density at radius 2 is 1.37 bits per heavy atom. The minimum absolute atomic E-state index is 0.376. The van der Waals surface area contributed by atoms with E-state index in [0.717, 1.165) is 23.6 Å². The molecule has 2 saturated heterocycles. The van der Waals surface area contributed by atoms with E-state index in [1.165, 1.54) is 31.7 Å². The Labute approximate surface area is 179 Å². The number of nitrogens with zero attached hydrogens (tertiary/aromatic N) is 1. The van der Waals surface area contributed by atoms with Crippen LogP contribution in [-0.4, -0.2) is 67.0 Å². The van der Waals surface area contributed by atoms with Crippen LogP contribution in [0.2, 0.25) is 0 Å². The first-order valence-corrected chi connectivity index (χ1v) is 13.0. The van der Waals surface area contributed by atoms with Crippen molar-refractivity contribution in [2.24, 2.45) is 11.7 Å². The van der Waals surface area contributed by atoms with E-state index < -0.39 is 30.7 Å². The van der Waals surface area contributed by atoms with Crippen LogP contribution in [0, 0.1) is 5.92 Å². The molecular weight excluding hydrogens is 428 g/mol. The van der Waals surface area contributed by atoms with Crippen LogP contribution < -0.4 is 5.73 Å². The van der Waals surface area contributed by atoms with Gasteiger partial charge in [-0.25, -0.2) is 0 Å². The zero-order valence-electron chi connectivity index (χ0n) is 17.4. The number of rotatable bonds is 2. The van der Waals surface area contributed by atoms with Crippen molar-refractivity contribution < 1.29 is 25.9 Å². The molecular formula is C20H32N2O6S2. The molecule has 2 aliphatic carbocycles. The van der Waals surface area contributed by atoms with Crippen LogP contribution in [0.25, 0.3) is 0 Å². The summed E-state index contributed by atoms with van der Waals surface area (Å²) in [5.74, 6) is 0.843. The molecule has 0 spiro atoms. The first kappa shape index (κ1) is 25.0. The minimum atomic E-state index is -3.88. The van der Waals surface area contributed by atoms with Gasteiger partial charge in [0, 0.05) is 19.1 Å². The minimum Gasteiger partial charge on any atom is -0.326 e. The zero-order chi connectivity index (χ0) is 22.5. The molecule has 2 fully saturated rings.